The van der Waals surface area contributed by atoms with Gasteiger partial charge in [0.2, 0.25) is 12.2 Å². The Hall–Kier alpha value is -2.13. The van der Waals surface area contributed by atoms with Crippen LogP contribution in [-0.2, 0) is 9.53 Å². The van der Waals surface area contributed by atoms with Crippen molar-refractivity contribution in [1.29, 1.82) is 0 Å². The second-order valence-electron chi connectivity index (χ2n) is 5.96. The molecule has 0 aliphatic carbocycles. The molecule has 1 aliphatic heterocycles. The first-order valence-corrected chi connectivity index (χ1v) is 8.28. The average molecular weight is 367 g/mol. The van der Waals surface area contributed by atoms with Crippen LogP contribution in [0.2, 0.25) is 0 Å². The molecule has 0 bridgehead atoms. The Labute approximate surface area is 152 Å². The summed E-state index contributed by atoms with van der Waals surface area (Å²) in [5.41, 5.74) is 0.906. The summed E-state index contributed by atoms with van der Waals surface area (Å²) in [5.74, 6) is 0.351. The number of carbonyl (C=O) groups is 1. The minimum Gasteiger partial charge on any atom is -0.493 e. The van der Waals surface area contributed by atoms with Crippen molar-refractivity contribution < 1.29 is 34.3 Å². The predicted octanol–water partition coefficient (Wildman–Crippen LogP) is 0.0508. The Bertz CT molecular complexity index is 648. The largest absolute Gasteiger partial charge is 0.493 e. The van der Waals surface area contributed by atoms with E-state index in [9.17, 15) is 20.1 Å². The molecule has 1 aliphatic rings. The number of aliphatic hydroxyl groups is 3. The van der Waals surface area contributed by atoms with Crippen LogP contribution in [0, 0.1) is 0 Å². The van der Waals surface area contributed by atoms with Gasteiger partial charge in [0.05, 0.1) is 13.7 Å². The van der Waals surface area contributed by atoms with Crippen molar-refractivity contribution in [3.63, 3.8) is 0 Å². The SMILES string of the molecule is CC=Cc1ccc(OC2OC(CO)C(O)C(O)C2NC(C)=O)c(OC)c1. The summed E-state index contributed by atoms with van der Waals surface area (Å²) in [4.78, 5) is 11.5. The maximum absolute atomic E-state index is 11.5. The highest BCUT2D eigenvalue weighted by molar-refractivity contribution is 5.73. The van der Waals surface area contributed by atoms with Gasteiger partial charge in [-0.15, -0.1) is 0 Å². The van der Waals surface area contributed by atoms with Gasteiger partial charge in [0.15, 0.2) is 11.5 Å². The van der Waals surface area contributed by atoms with Gasteiger partial charge in [0.1, 0.15) is 24.4 Å². The zero-order valence-electron chi connectivity index (χ0n) is 15.0. The summed E-state index contributed by atoms with van der Waals surface area (Å²) in [6.45, 7) is 2.66. The Morgan fingerprint density at radius 1 is 1.31 bits per heavy atom. The maximum Gasteiger partial charge on any atom is 0.223 e. The fourth-order valence-electron chi connectivity index (χ4n) is 2.77. The van der Waals surface area contributed by atoms with Gasteiger partial charge >= 0.3 is 0 Å². The van der Waals surface area contributed by atoms with E-state index in [0.717, 1.165) is 5.56 Å². The van der Waals surface area contributed by atoms with E-state index in [0.29, 0.717) is 11.5 Å². The molecule has 0 aromatic heterocycles. The van der Waals surface area contributed by atoms with E-state index in [4.69, 9.17) is 14.2 Å². The third-order valence-corrected chi connectivity index (χ3v) is 4.04. The van der Waals surface area contributed by atoms with Crippen LogP contribution in [0.4, 0.5) is 0 Å². The molecule has 0 saturated carbocycles. The molecular weight excluding hydrogens is 342 g/mol. The van der Waals surface area contributed by atoms with Crippen LogP contribution in [0.15, 0.2) is 24.3 Å². The summed E-state index contributed by atoms with van der Waals surface area (Å²) in [7, 11) is 1.49. The van der Waals surface area contributed by atoms with Crippen LogP contribution in [-0.4, -0.2) is 65.6 Å². The van der Waals surface area contributed by atoms with E-state index in [1.807, 2.05) is 25.1 Å². The van der Waals surface area contributed by atoms with Crippen LogP contribution in [0.3, 0.4) is 0 Å². The fourth-order valence-corrected chi connectivity index (χ4v) is 2.77. The highest BCUT2D eigenvalue weighted by Crippen LogP contribution is 2.32. The number of amides is 1. The van der Waals surface area contributed by atoms with Gasteiger partial charge in [-0.25, -0.2) is 0 Å². The van der Waals surface area contributed by atoms with E-state index < -0.39 is 43.2 Å². The summed E-state index contributed by atoms with van der Waals surface area (Å²) < 4.78 is 16.7. The molecular formula is C18H25NO7. The number of carbonyl (C=O) groups excluding carboxylic acids is 1. The van der Waals surface area contributed by atoms with Gasteiger partial charge in [-0.3, -0.25) is 4.79 Å². The van der Waals surface area contributed by atoms with E-state index in [2.05, 4.69) is 5.32 Å². The van der Waals surface area contributed by atoms with Crippen LogP contribution in [0.1, 0.15) is 19.4 Å². The van der Waals surface area contributed by atoms with Gasteiger partial charge in [0.25, 0.3) is 0 Å². The Morgan fingerprint density at radius 2 is 2.04 bits per heavy atom. The molecule has 2 rings (SSSR count). The number of rotatable bonds is 6. The predicted molar refractivity (Wildman–Crippen MR) is 93.7 cm³/mol. The van der Waals surface area contributed by atoms with Crippen LogP contribution in [0.25, 0.3) is 6.08 Å². The van der Waals surface area contributed by atoms with Crippen molar-refractivity contribution in [3.8, 4) is 11.5 Å². The molecule has 5 atom stereocenters. The number of ether oxygens (including phenoxy) is 3. The molecule has 8 heteroatoms. The second kappa shape index (κ2) is 9.00. The van der Waals surface area contributed by atoms with Crippen molar-refractivity contribution in [2.24, 2.45) is 0 Å². The zero-order valence-corrected chi connectivity index (χ0v) is 15.0. The van der Waals surface area contributed by atoms with Crippen LogP contribution >= 0.6 is 0 Å². The molecule has 5 unspecified atom stereocenters. The highest BCUT2D eigenvalue weighted by atomic mass is 16.7. The first-order chi connectivity index (χ1) is 12.4. The van der Waals surface area contributed by atoms with E-state index in [1.54, 1.807) is 12.1 Å². The van der Waals surface area contributed by atoms with Crippen LogP contribution in [0.5, 0.6) is 11.5 Å². The summed E-state index contributed by atoms with van der Waals surface area (Å²) in [5, 5.41) is 32.2. The minimum atomic E-state index is -1.37. The maximum atomic E-state index is 11.5. The van der Waals surface area contributed by atoms with Crippen molar-refractivity contribution in [2.45, 2.75) is 44.5 Å². The topological polar surface area (TPSA) is 117 Å². The van der Waals surface area contributed by atoms with Gasteiger partial charge in [-0.1, -0.05) is 18.2 Å². The van der Waals surface area contributed by atoms with E-state index >= 15 is 0 Å². The molecule has 0 spiro atoms. The Morgan fingerprint density at radius 3 is 2.62 bits per heavy atom. The van der Waals surface area contributed by atoms with Crippen molar-refractivity contribution >= 4 is 12.0 Å². The number of benzene rings is 1. The molecule has 144 valence electrons. The van der Waals surface area contributed by atoms with Gasteiger partial charge in [0, 0.05) is 6.92 Å². The monoisotopic (exact) mass is 367 g/mol. The summed E-state index contributed by atoms with van der Waals surface area (Å²) >= 11 is 0. The lowest BCUT2D eigenvalue weighted by molar-refractivity contribution is -0.244. The lowest BCUT2D eigenvalue weighted by Crippen LogP contribution is -2.65. The Kier molecular flexibility index (Phi) is 6.98. The number of nitrogens with one attached hydrogen (secondary N) is 1. The first-order valence-electron chi connectivity index (χ1n) is 8.28. The molecule has 1 amide bonds. The van der Waals surface area contributed by atoms with Gasteiger partial charge < -0.3 is 34.8 Å². The molecule has 1 saturated heterocycles. The standard InChI is InChI=1S/C18H25NO7/c1-4-5-11-6-7-12(13(8-11)24-3)25-18-15(19-10(2)21)17(23)16(22)14(9-20)26-18/h4-8,14-18,20,22-23H,9H2,1-3H3,(H,19,21). The van der Waals surface area contributed by atoms with Crippen molar-refractivity contribution in [3.05, 3.63) is 29.8 Å². The van der Waals surface area contributed by atoms with Gasteiger partial charge in [-0.2, -0.15) is 0 Å². The molecule has 8 nitrogen and oxygen atoms in total. The summed E-state index contributed by atoms with van der Waals surface area (Å²) in [6, 6.07) is 4.22. The lowest BCUT2D eigenvalue weighted by atomic mass is 9.97. The van der Waals surface area contributed by atoms with E-state index in [-0.39, 0.29) is 0 Å². The lowest BCUT2D eigenvalue weighted by Gasteiger charge is -2.42. The number of allylic oxidation sites excluding steroid dienone is 1. The summed E-state index contributed by atoms with van der Waals surface area (Å²) in [6.07, 6.45) is -1.13. The molecule has 0 radical (unpaired) electrons. The molecule has 4 N–H and O–H groups in total. The number of methoxy groups -OCH3 is 1. The van der Waals surface area contributed by atoms with Gasteiger partial charge in [-0.05, 0) is 24.6 Å². The zero-order chi connectivity index (χ0) is 19.3. The smallest absolute Gasteiger partial charge is 0.223 e. The molecule has 26 heavy (non-hydrogen) atoms. The second-order valence-corrected chi connectivity index (χ2v) is 5.96. The van der Waals surface area contributed by atoms with E-state index in [1.165, 1.54) is 14.0 Å². The fraction of sp³-hybridized carbons (Fsp3) is 0.500. The number of hydrogen-bond donors (Lipinski definition) is 4. The molecule has 1 aromatic carbocycles. The molecule has 1 aromatic rings. The van der Waals surface area contributed by atoms with Crippen LogP contribution < -0.4 is 14.8 Å². The van der Waals surface area contributed by atoms with Crippen molar-refractivity contribution in [2.75, 3.05) is 13.7 Å². The molecule has 1 fully saturated rings. The van der Waals surface area contributed by atoms with Crippen molar-refractivity contribution in [1.82, 2.24) is 5.32 Å². The molecule has 1 heterocycles. The third kappa shape index (κ3) is 4.53. The normalized spacial score (nSPS) is 28.8. The third-order valence-electron chi connectivity index (χ3n) is 4.04. The first kappa shape index (κ1) is 20.2. The highest BCUT2D eigenvalue weighted by Gasteiger charge is 2.46. The quantitative estimate of drug-likeness (QED) is 0.561. The number of hydrogen-bond acceptors (Lipinski definition) is 7. The number of aliphatic hydroxyl groups excluding tert-OH is 3. The average Bonchev–Trinajstić information content (AvgIpc) is 2.62. The Balaban J connectivity index is 2.29. The minimum absolute atomic E-state index is 0.335.